The lowest BCUT2D eigenvalue weighted by Gasteiger charge is -2.24. The van der Waals surface area contributed by atoms with Crippen LogP contribution in [-0.4, -0.2) is 12.2 Å². The summed E-state index contributed by atoms with van der Waals surface area (Å²) in [6.45, 7) is 2.09. The van der Waals surface area contributed by atoms with E-state index in [9.17, 15) is 4.79 Å². The molecule has 2 aromatic carbocycles. The van der Waals surface area contributed by atoms with Crippen LogP contribution in [0.4, 0.5) is 10.5 Å². The summed E-state index contributed by atoms with van der Waals surface area (Å²) in [5.74, 6) is 0.826. The summed E-state index contributed by atoms with van der Waals surface area (Å²) in [4.78, 5) is 12.3. The highest BCUT2D eigenvalue weighted by Crippen LogP contribution is 2.29. The summed E-state index contributed by atoms with van der Waals surface area (Å²) in [5, 5.41) is 5.08. The molecule has 0 unspecified atom stereocenters. The van der Waals surface area contributed by atoms with Crippen LogP contribution in [0.25, 0.3) is 10.8 Å². The third-order valence-electron chi connectivity index (χ3n) is 5.38. The van der Waals surface area contributed by atoms with Gasteiger partial charge in [0.2, 0.25) is 0 Å². The minimum Gasteiger partial charge on any atom is -0.446 e. The first-order valence-electron chi connectivity index (χ1n) is 9.71. The molecule has 3 heteroatoms. The van der Waals surface area contributed by atoms with Gasteiger partial charge < -0.3 is 4.74 Å². The first-order valence-corrected chi connectivity index (χ1v) is 9.71. The Kier molecular flexibility index (Phi) is 6.32. The molecule has 1 N–H and O–H groups in total. The van der Waals surface area contributed by atoms with Crippen LogP contribution < -0.4 is 5.32 Å². The molecule has 0 heterocycles. The second-order valence-electron chi connectivity index (χ2n) is 7.17. The van der Waals surface area contributed by atoms with Crippen molar-refractivity contribution >= 4 is 22.6 Å². The van der Waals surface area contributed by atoms with Gasteiger partial charge in [-0.15, -0.1) is 0 Å². The highest BCUT2D eigenvalue weighted by molar-refractivity contribution is 6.00. The van der Waals surface area contributed by atoms with Crippen LogP contribution in [0, 0.1) is 5.92 Å². The van der Waals surface area contributed by atoms with E-state index >= 15 is 0 Å². The van der Waals surface area contributed by atoms with Gasteiger partial charge in [-0.3, -0.25) is 5.32 Å². The lowest BCUT2D eigenvalue weighted by Crippen LogP contribution is -2.23. The van der Waals surface area contributed by atoms with Crippen LogP contribution in [0.5, 0.6) is 0 Å². The van der Waals surface area contributed by atoms with Gasteiger partial charge in [0.15, 0.2) is 0 Å². The third-order valence-corrected chi connectivity index (χ3v) is 5.38. The predicted octanol–water partition coefficient (Wildman–Crippen LogP) is 6.53. The zero-order valence-corrected chi connectivity index (χ0v) is 15.2. The van der Waals surface area contributed by atoms with Crippen molar-refractivity contribution in [3.8, 4) is 0 Å². The zero-order valence-electron chi connectivity index (χ0n) is 15.2. The van der Waals surface area contributed by atoms with E-state index in [-0.39, 0.29) is 12.2 Å². The summed E-state index contributed by atoms with van der Waals surface area (Å²) < 4.78 is 5.69. The van der Waals surface area contributed by atoms with Gasteiger partial charge in [0, 0.05) is 5.39 Å². The second-order valence-corrected chi connectivity index (χ2v) is 7.17. The van der Waals surface area contributed by atoms with Crippen molar-refractivity contribution in [2.75, 3.05) is 5.32 Å². The fourth-order valence-corrected chi connectivity index (χ4v) is 3.87. The van der Waals surface area contributed by atoms with E-state index in [4.69, 9.17) is 4.74 Å². The molecule has 1 fully saturated rings. The smallest absolute Gasteiger partial charge is 0.411 e. The molecule has 1 aliphatic carbocycles. The molecule has 1 atom stereocenters. The zero-order chi connectivity index (χ0) is 17.5. The summed E-state index contributed by atoms with van der Waals surface area (Å²) in [6.07, 6.45) is 9.51. The number of benzene rings is 2. The monoisotopic (exact) mass is 339 g/mol. The molecular formula is C22H29NO2. The Labute approximate surface area is 150 Å². The fraction of sp³-hybridized carbons (Fsp3) is 0.500. The van der Waals surface area contributed by atoms with Gasteiger partial charge in [0.1, 0.15) is 6.10 Å². The molecule has 1 saturated carbocycles. The minimum absolute atomic E-state index is 0.0110. The van der Waals surface area contributed by atoms with Crippen molar-refractivity contribution in [3.63, 3.8) is 0 Å². The molecule has 0 aromatic heterocycles. The van der Waals surface area contributed by atoms with Crippen LogP contribution in [0.1, 0.15) is 58.3 Å². The maximum atomic E-state index is 12.3. The Balaban J connectivity index is 1.54. The van der Waals surface area contributed by atoms with Crippen LogP contribution in [0.3, 0.4) is 0 Å². The Morgan fingerprint density at radius 3 is 2.68 bits per heavy atom. The number of hydrogen-bond donors (Lipinski definition) is 1. The molecule has 0 bridgehead atoms. The van der Waals surface area contributed by atoms with Gasteiger partial charge in [0.25, 0.3) is 0 Å². The van der Waals surface area contributed by atoms with E-state index in [1.807, 2.05) is 42.5 Å². The molecule has 1 aliphatic rings. The summed E-state index contributed by atoms with van der Waals surface area (Å²) in [7, 11) is 0. The number of ether oxygens (including phenoxy) is 1. The van der Waals surface area contributed by atoms with Crippen molar-refractivity contribution in [2.45, 2.75) is 64.4 Å². The van der Waals surface area contributed by atoms with Gasteiger partial charge in [0.05, 0.1) is 5.69 Å². The first-order chi connectivity index (χ1) is 12.3. The summed E-state index contributed by atoms with van der Waals surface area (Å²) in [6, 6.07) is 14.0. The standard InChI is InChI=1S/C22H29NO2/c1-2-19(16-15-17-9-4-3-5-10-17)25-22(24)23-21-14-8-12-18-11-6-7-13-20(18)21/h6-8,11-14,17,19H,2-5,9-10,15-16H2,1H3,(H,23,24)/t19-/m1/s1. The van der Waals surface area contributed by atoms with E-state index in [2.05, 4.69) is 12.2 Å². The Morgan fingerprint density at radius 1 is 1.12 bits per heavy atom. The molecule has 0 spiro atoms. The summed E-state index contributed by atoms with van der Waals surface area (Å²) in [5.41, 5.74) is 0.810. The lowest BCUT2D eigenvalue weighted by atomic mass is 9.85. The number of carbonyl (C=O) groups is 1. The van der Waals surface area contributed by atoms with Crippen molar-refractivity contribution in [2.24, 2.45) is 5.92 Å². The molecule has 0 saturated heterocycles. The fourth-order valence-electron chi connectivity index (χ4n) is 3.87. The number of anilines is 1. The Morgan fingerprint density at radius 2 is 1.88 bits per heavy atom. The first kappa shape index (κ1) is 17.8. The van der Waals surface area contributed by atoms with E-state index in [1.54, 1.807) is 0 Å². The van der Waals surface area contributed by atoms with Crippen LogP contribution in [-0.2, 0) is 4.74 Å². The SMILES string of the molecule is CC[C@H](CCC1CCCCC1)OC(=O)Nc1cccc2ccccc12. The van der Waals surface area contributed by atoms with Crippen molar-refractivity contribution in [1.82, 2.24) is 0 Å². The lowest BCUT2D eigenvalue weighted by molar-refractivity contribution is 0.0963. The van der Waals surface area contributed by atoms with Crippen molar-refractivity contribution in [1.29, 1.82) is 0 Å². The molecule has 134 valence electrons. The van der Waals surface area contributed by atoms with Crippen molar-refractivity contribution in [3.05, 3.63) is 42.5 Å². The van der Waals surface area contributed by atoms with E-state index in [1.165, 1.54) is 38.5 Å². The Bertz CT molecular complexity index is 686. The number of carbonyl (C=O) groups excluding carboxylic acids is 1. The van der Waals surface area contributed by atoms with Crippen LogP contribution >= 0.6 is 0 Å². The van der Waals surface area contributed by atoms with Gasteiger partial charge in [-0.25, -0.2) is 4.79 Å². The molecular weight excluding hydrogens is 310 g/mol. The predicted molar refractivity (Wildman–Crippen MR) is 104 cm³/mol. The molecule has 1 amide bonds. The van der Waals surface area contributed by atoms with Crippen molar-refractivity contribution < 1.29 is 9.53 Å². The van der Waals surface area contributed by atoms with E-state index in [0.29, 0.717) is 0 Å². The summed E-state index contributed by atoms with van der Waals surface area (Å²) >= 11 is 0. The third kappa shape index (κ3) is 4.97. The highest BCUT2D eigenvalue weighted by Gasteiger charge is 2.18. The molecule has 3 rings (SSSR count). The number of amides is 1. The minimum atomic E-state index is -0.341. The van der Waals surface area contributed by atoms with Gasteiger partial charge in [-0.1, -0.05) is 75.4 Å². The number of nitrogens with one attached hydrogen (secondary N) is 1. The van der Waals surface area contributed by atoms with Gasteiger partial charge in [-0.2, -0.15) is 0 Å². The molecule has 25 heavy (non-hydrogen) atoms. The van der Waals surface area contributed by atoms with E-state index in [0.717, 1.165) is 35.2 Å². The maximum Gasteiger partial charge on any atom is 0.411 e. The number of rotatable bonds is 6. The average Bonchev–Trinajstić information content (AvgIpc) is 2.66. The molecule has 0 aliphatic heterocycles. The second kappa shape index (κ2) is 8.89. The van der Waals surface area contributed by atoms with Crippen LogP contribution in [0.2, 0.25) is 0 Å². The largest absolute Gasteiger partial charge is 0.446 e. The maximum absolute atomic E-state index is 12.3. The quantitative estimate of drug-likeness (QED) is 0.650. The molecule has 0 radical (unpaired) electrons. The normalized spacial score (nSPS) is 16.5. The van der Waals surface area contributed by atoms with Gasteiger partial charge >= 0.3 is 6.09 Å². The van der Waals surface area contributed by atoms with Gasteiger partial charge in [-0.05, 0) is 36.6 Å². The molecule has 3 nitrogen and oxygen atoms in total. The number of fused-ring (bicyclic) bond motifs is 1. The number of hydrogen-bond acceptors (Lipinski definition) is 2. The molecule has 2 aromatic rings. The van der Waals surface area contributed by atoms with E-state index < -0.39 is 0 Å². The topological polar surface area (TPSA) is 38.3 Å². The van der Waals surface area contributed by atoms with Crippen LogP contribution in [0.15, 0.2) is 42.5 Å². The highest BCUT2D eigenvalue weighted by atomic mass is 16.6. The Hall–Kier alpha value is -2.03. The average molecular weight is 339 g/mol.